The first kappa shape index (κ1) is 31.6. The van der Waals surface area contributed by atoms with Gasteiger partial charge in [0.2, 0.25) is 0 Å². The van der Waals surface area contributed by atoms with Crippen LogP contribution in [0.25, 0.3) is 0 Å². The quantitative estimate of drug-likeness (QED) is 0.436. The first-order valence-electron chi connectivity index (χ1n) is 7.68. The van der Waals surface area contributed by atoms with Gasteiger partial charge in [-0.15, -0.1) is 13.2 Å². The van der Waals surface area contributed by atoms with Crippen LogP contribution < -0.4 is 5.73 Å². The second-order valence-corrected chi connectivity index (χ2v) is 2.92. The van der Waals surface area contributed by atoms with Crippen LogP contribution in [-0.4, -0.2) is 0 Å². The van der Waals surface area contributed by atoms with Crippen molar-refractivity contribution in [2.45, 2.75) is 48.5 Å². The third kappa shape index (κ3) is 38.1. The highest BCUT2D eigenvalue weighted by Gasteiger charge is 1.87. The summed E-state index contributed by atoms with van der Waals surface area (Å²) in [6, 6.07) is 0. The Morgan fingerprint density at radius 3 is 1.24 bits per heavy atom. The number of hydrogen-bond acceptors (Lipinski definition) is 1. The van der Waals surface area contributed by atoms with Gasteiger partial charge in [0.1, 0.15) is 0 Å². The van der Waals surface area contributed by atoms with Crippen LogP contribution in [0, 0.1) is 5.92 Å². The summed E-state index contributed by atoms with van der Waals surface area (Å²) in [5.41, 5.74) is 6.69. The highest BCUT2D eigenvalue weighted by molar-refractivity contribution is 5.36. The molecule has 0 saturated carbocycles. The zero-order valence-electron chi connectivity index (χ0n) is 15.6. The summed E-state index contributed by atoms with van der Waals surface area (Å²) in [4.78, 5) is 0. The van der Waals surface area contributed by atoms with Crippen molar-refractivity contribution in [2.24, 2.45) is 11.7 Å². The molecular weight excluding hydrogens is 254 g/mol. The van der Waals surface area contributed by atoms with E-state index in [9.17, 15) is 0 Å². The topological polar surface area (TPSA) is 26.0 Å². The largest absolute Gasteiger partial charge is 0.399 e. The van der Waals surface area contributed by atoms with Gasteiger partial charge in [-0.25, -0.2) is 0 Å². The van der Waals surface area contributed by atoms with Gasteiger partial charge in [0.15, 0.2) is 0 Å². The molecule has 0 fully saturated rings. The summed E-state index contributed by atoms with van der Waals surface area (Å²) in [7, 11) is 0. The van der Waals surface area contributed by atoms with Crippen molar-refractivity contribution in [2.75, 3.05) is 0 Å². The van der Waals surface area contributed by atoms with Crippen LogP contribution in [0.5, 0.6) is 0 Å². The minimum Gasteiger partial charge on any atom is -0.399 e. The minimum atomic E-state index is 0.463. The number of allylic oxidation sites excluding steroid dienone is 5. The molecule has 0 radical (unpaired) electrons. The maximum Gasteiger partial charge on any atom is 0.0314 e. The fraction of sp³-hybridized carbons (Fsp3) is 0.400. The Morgan fingerprint density at radius 2 is 1.19 bits per heavy atom. The molecular formula is C20H39N. The van der Waals surface area contributed by atoms with Crippen LogP contribution in [0.15, 0.2) is 74.5 Å². The second kappa shape index (κ2) is 36.2. The van der Waals surface area contributed by atoms with E-state index in [2.05, 4.69) is 32.9 Å². The summed E-state index contributed by atoms with van der Waals surface area (Å²) < 4.78 is 0. The predicted octanol–water partition coefficient (Wildman–Crippen LogP) is 6.83. The van der Waals surface area contributed by atoms with E-state index in [4.69, 9.17) is 5.73 Å². The molecule has 0 aliphatic carbocycles. The van der Waals surface area contributed by atoms with Crippen LogP contribution in [0.2, 0.25) is 0 Å². The van der Waals surface area contributed by atoms with Gasteiger partial charge in [-0.05, 0) is 11.5 Å². The van der Waals surface area contributed by atoms with Gasteiger partial charge < -0.3 is 5.73 Å². The molecule has 0 unspecified atom stereocenters. The van der Waals surface area contributed by atoms with E-state index in [0.29, 0.717) is 11.6 Å². The molecule has 0 amide bonds. The van der Waals surface area contributed by atoms with E-state index in [1.54, 1.807) is 18.2 Å². The molecule has 0 aliphatic heterocycles. The standard InChI is InChI=1S/C8H11N.C6H10.3C2H6/c1-4-6-8(5-2)7(3)9;1-4-6(3)5-2;3*1-2/h4-6H,1-3,9H2;4-6H,1-2H2,3H3;3*1-2H3/b8-6+;;;;. The molecule has 0 bridgehead atoms. The number of rotatable bonds is 5. The van der Waals surface area contributed by atoms with Crippen LogP contribution in [0.4, 0.5) is 0 Å². The average molecular weight is 294 g/mol. The molecule has 124 valence electrons. The maximum atomic E-state index is 5.35. The van der Waals surface area contributed by atoms with E-state index in [0.717, 1.165) is 5.57 Å². The highest BCUT2D eigenvalue weighted by Crippen LogP contribution is 2.01. The normalized spacial score (nSPS) is 7.71. The van der Waals surface area contributed by atoms with Gasteiger partial charge in [-0.1, -0.05) is 98.6 Å². The Balaban J connectivity index is -0.0000000618. The third-order valence-electron chi connectivity index (χ3n) is 1.63. The van der Waals surface area contributed by atoms with E-state index >= 15 is 0 Å². The van der Waals surface area contributed by atoms with Crippen molar-refractivity contribution in [1.29, 1.82) is 0 Å². The fourth-order valence-electron chi connectivity index (χ4n) is 0.529. The van der Waals surface area contributed by atoms with E-state index < -0.39 is 0 Å². The van der Waals surface area contributed by atoms with Gasteiger partial charge in [0.25, 0.3) is 0 Å². The summed E-state index contributed by atoms with van der Waals surface area (Å²) in [5.74, 6) is 0.463. The Hall–Kier alpha value is -1.76. The monoisotopic (exact) mass is 293 g/mol. The van der Waals surface area contributed by atoms with Gasteiger partial charge in [0.05, 0.1) is 0 Å². The maximum absolute atomic E-state index is 5.35. The van der Waals surface area contributed by atoms with Crippen molar-refractivity contribution in [3.63, 3.8) is 0 Å². The molecule has 0 rings (SSSR count). The second-order valence-electron chi connectivity index (χ2n) is 2.92. The van der Waals surface area contributed by atoms with Crippen molar-refractivity contribution in [3.8, 4) is 0 Å². The Morgan fingerprint density at radius 1 is 0.857 bits per heavy atom. The van der Waals surface area contributed by atoms with Crippen molar-refractivity contribution < 1.29 is 0 Å². The molecule has 21 heavy (non-hydrogen) atoms. The summed E-state index contributed by atoms with van der Waals surface area (Å²) in [5, 5.41) is 0. The first-order chi connectivity index (χ1) is 10.0. The van der Waals surface area contributed by atoms with Gasteiger partial charge >= 0.3 is 0 Å². The highest BCUT2D eigenvalue weighted by atomic mass is 14.6. The average Bonchev–Trinajstić information content (AvgIpc) is 2.57. The molecule has 0 aromatic heterocycles. The lowest BCUT2D eigenvalue weighted by Gasteiger charge is -1.95. The molecule has 0 aromatic carbocycles. The molecule has 0 saturated heterocycles. The predicted molar refractivity (Wildman–Crippen MR) is 105 cm³/mol. The SMILES string of the molecule is C=C/C=C(\C=C)C(=C)N.C=CC(C)C=C.CC.CC.CC. The number of hydrogen-bond donors (Lipinski definition) is 1. The zero-order chi connectivity index (χ0) is 18.3. The first-order valence-corrected chi connectivity index (χ1v) is 7.68. The molecule has 0 heterocycles. The fourth-order valence-corrected chi connectivity index (χ4v) is 0.529. The van der Waals surface area contributed by atoms with Crippen molar-refractivity contribution >= 4 is 0 Å². The van der Waals surface area contributed by atoms with Crippen LogP contribution in [0.1, 0.15) is 48.5 Å². The van der Waals surface area contributed by atoms with E-state index in [-0.39, 0.29) is 0 Å². The summed E-state index contributed by atoms with van der Waals surface area (Å²) in [6.45, 7) is 31.8. The zero-order valence-corrected chi connectivity index (χ0v) is 15.6. The molecule has 2 N–H and O–H groups in total. The summed E-state index contributed by atoms with van der Waals surface area (Å²) in [6.07, 6.45) is 8.76. The number of nitrogens with two attached hydrogens (primary N) is 1. The molecule has 1 heteroatoms. The van der Waals surface area contributed by atoms with Gasteiger partial charge in [-0.3, -0.25) is 0 Å². The Bertz CT molecular complexity index is 262. The van der Waals surface area contributed by atoms with Crippen molar-refractivity contribution in [3.05, 3.63) is 74.5 Å². The summed E-state index contributed by atoms with van der Waals surface area (Å²) >= 11 is 0. The smallest absolute Gasteiger partial charge is 0.0314 e. The Labute approximate surface area is 135 Å². The van der Waals surface area contributed by atoms with Crippen molar-refractivity contribution in [1.82, 2.24) is 0 Å². The third-order valence-corrected chi connectivity index (χ3v) is 1.63. The Kier molecular flexibility index (Phi) is 54.4. The minimum absolute atomic E-state index is 0.463. The van der Waals surface area contributed by atoms with Crippen LogP contribution in [0.3, 0.4) is 0 Å². The molecule has 0 atom stereocenters. The van der Waals surface area contributed by atoms with Gasteiger partial charge in [0, 0.05) is 5.70 Å². The van der Waals surface area contributed by atoms with Gasteiger partial charge in [-0.2, -0.15) is 0 Å². The molecule has 0 aromatic rings. The van der Waals surface area contributed by atoms with E-state index in [1.165, 1.54) is 0 Å². The molecule has 0 aliphatic rings. The van der Waals surface area contributed by atoms with Crippen LogP contribution >= 0.6 is 0 Å². The lowest BCUT2D eigenvalue weighted by molar-refractivity contribution is 0.948. The van der Waals surface area contributed by atoms with E-state index in [1.807, 2.05) is 60.6 Å². The molecule has 0 spiro atoms. The lowest BCUT2D eigenvalue weighted by Crippen LogP contribution is -1.95. The molecule has 1 nitrogen and oxygen atoms in total. The van der Waals surface area contributed by atoms with Crippen LogP contribution in [-0.2, 0) is 0 Å². The lowest BCUT2D eigenvalue weighted by atomic mass is 10.2.